The van der Waals surface area contributed by atoms with Crippen molar-refractivity contribution in [2.24, 2.45) is 0 Å². The third-order valence-electron chi connectivity index (χ3n) is 4.99. The highest BCUT2D eigenvalue weighted by atomic mass is 35.5. The summed E-state index contributed by atoms with van der Waals surface area (Å²) in [6.07, 6.45) is 0.924. The molecule has 1 N–H and O–H groups in total. The summed E-state index contributed by atoms with van der Waals surface area (Å²) in [5, 5.41) is 3.78. The third-order valence-corrected chi connectivity index (χ3v) is 5.73. The Kier molecular flexibility index (Phi) is 9.00. The molecular weight excluding hydrogens is 423 g/mol. The number of ether oxygens (including phenoxy) is 1. The van der Waals surface area contributed by atoms with E-state index in [4.69, 9.17) is 27.9 Å². The van der Waals surface area contributed by atoms with Crippen LogP contribution in [0.2, 0.25) is 10.0 Å². The van der Waals surface area contributed by atoms with E-state index in [1.165, 1.54) is 0 Å². The number of amides is 2. The fraction of sp³-hybridized carbons (Fsp3) is 0.391. The van der Waals surface area contributed by atoms with Gasteiger partial charge in [0, 0.05) is 12.6 Å². The summed E-state index contributed by atoms with van der Waals surface area (Å²) < 4.78 is 5.28. The largest absolute Gasteiger partial charge is 0.497 e. The van der Waals surface area contributed by atoms with Crippen molar-refractivity contribution in [3.63, 3.8) is 0 Å². The van der Waals surface area contributed by atoms with Gasteiger partial charge in [-0.3, -0.25) is 9.59 Å². The minimum atomic E-state index is -0.638. The predicted octanol–water partition coefficient (Wildman–Crippen LogP) is 4.88. The lowest BCUT2D eigenvalue weighted by molar-refractivity contribution is -0.140. The van der Waals surface area contributed by atoms with Crippen LogP contribution in [0.25, 0.3) is 0 Å². The van der Waals surface area contributed by atoms with Crippen LogP contribution < -0.4 is 10.1 Å². The first-order valence-corrected chi connectivity index (χ1v) is 10.7. The second kappa shape index (κ2) is 11.2. The van der Waals surface area contributed by atoms with Gasteiger partial charge in [0.25, 0.3) is 0 Å². The number of benzene rings is 2. The van der Waals surface area contributed by atoms with Crippen LogP contribution in [0.15, 0.2) is 42.5 Å². The predicted molar refractivity (Wildman–Crippen MR) is 121 cm³/mol. The van der Waals surface area contributed by atoms with Crippen LogP contribution in [0.1, 0.15) is 38.3 Å². The lowest BCUT2D eigenvalue weighted by Crippen LogP contribution is -2.49. The van der Waals surface area contributed by atoms with Crippen LogP contribution in [-0.4, -0.2) is 35.9 Å². The summed E-state index contributed by atoms with van der Waals surface area (Å²) in [7, 11) is 1.59. The van der Waals surface area contributed by atoms with Gasteiger partial charge in [-0.05, 0) is 55.7 Å². The molecule has 30 heavy (non-hydrogen) atoms. The van der Waals surface area contributed by atoms with Gasteiger partial charge in [-0.1, -0.05) is 48.3 Å². The maximum absolute atomic E-state index is 13.2. The number of rotatable bonds is 9. The van der Waals surface area contributed by atoms with E-state index in [-0.39, 0.29) is 30.8 Å². The van der Waals surface area contributed by atoms with E-state index >= 15 is 0 Å². The summed E-state index contributed by atoms with van der Waals surface area (Å²) in [6.45, 7) is 5.96. The van der Waals surface area contributed by atoms with Gasteiger partial charge in [0.2, 0.25) is 11.8 Å². The molecule has 2 amide bonds. The average molecular weight is 451 g/mol. The average Bonchev–Trinajstić information content (AvgIpc) is 2.74. The Hall–Kier alpha value is -2.24. The fourth-order valence-corrected chi connectivity index (χ4v) is 3.26. The Morgan fingerprint density at radius 2 is 1.80 bits per heavy atom. The number of carbonyl (C=O) groups excluding carboxylic acids is 2. The molecule has 0 bridgehead atoms. The Labute approximate surface area is 188 Å². The third kappa shape index (κ3) is 6.64. The molecule has 0 aliphatic rings. The zero-order valence-electron chi connectivity index (χ0n) is 17.7. The second-order valence-electron chi connectivity index (χ2n) is 7.29. The second-order valence-corrected chi connectivity index (χ2v) is 8.11. The van der Waals surface area contributed by atoms with Crippen molar-refractivity contribution >= 4 is 35.0 Å². The molecule has 0 aliphatic carbocycles. The van der Waals surface area contributed by atoms with E-state index in [0.717, 1.165) is 17.5 Å². The first-order chi connectivity index (χ1) is 14.2. The molecule has 0 heterocycles. The monoisotopic (exact) mass is 450 g/mol. The number of halogens is 2. The molecular formula is C23H28Cl2N2O3. The molecule has 2 rings (SSSR count). The van der Waals surface area contributed by atoms with E-state index in [1.54, 1.807) is 37.1 Å². The summed E-state index contributed by atoms with van der Waals surface area (Å²) >= 11 is 12.1. The molecule has 162 valence electrons. The topological polar surface area (TPSA) is 58.6 Å². The number of nitrogens with one attached hydrogen (secondary N) is 1. The molecule has 5 nitrogen and oxygen atoms in total. The van der Waals surface area contributed by atoms with E-state index in [0.29, 0.717) is 15.8 Å². The van der Waals surface area contributed by atoms with E-state index in [1.807, 2.05) is 38.1 Å². The number of nitrogens with zero attached hydrogens (tertiary/aromatic N) is 1. The number of methoxy groups -OCH3 is 1. The van der Waals surface area contributed by atoms with E-state index < -0.39 is 6.04 Å². The van der Waals surface area contributed by atoms with Gasteiger partial charge in [0.05, 0.1) is 23.6 Å². The van der Waals surface area contributed by atoms with Crippen molar-refractivity contribution in [1.82, 2.24) is 10.2 Å². The highest BCUT2D eigenvalue weighted by Crippen LogP contribution is 2.24. The van der Waals surface area contributed by atoms with Crippen LogP contribution in [0.5, 0.6) is 5.75 Å². The van der Waals surface area contributed by atoms with Crippen LogP contribution in [0, 0.1) is 0 Å². The Balaban J connectivity index is 2.27. The molecule has 2 atom stereocenters. The zero-order valence-corrected chi connectivity index (χ0v) is 19.3. The highest BCUT2D eigenvalue weighted by molar-refractivity contribution is 6.42. The van der Waals surface area contributed by atoms with Gasteiger partial charge in [-0.15, -0.1) is 0 Å². The van der Waals surface area contributed by atoms with Gasteiger partial charge in [0.15, 0.2) is 0 Å². The van der Waals surface area contributed by atoms with Gasteiger partial charge < -0.3 is 15.0 Å². The Bertz CT molecular complexity index is 889. The lowest BCUT2D eigenvalue weighted by atomic mass is 10.1. The summed E-state index contributed by atoms with van der Waals surface area (Å²) in [4.78, 5) is 27.5. The molecule has 7 heteroatoms. The molecule has 0 radical (unpaired) electrons. The number of hydrogen-bond donors (Lipinski definition) is 1. The van der Waals surface area contributed by atoms with Gasteiger partial charge in [-0.2, -0.15) is 0 Å². The maximum Gasteiger partial charge on any atom is 0.242 e. The molecule has 2 aromatic carbocycles. The van der Waals surface area contributed by atoms with Crippen LogP contribution in [0.4, 0.5) is 0 Å². The summed E-state index contributed by atoms with van der Waals surface area (Å²) in [6, 6.07) is 12.0. The smallest absolute Gasteiger partial charge is 0.242 e. The first kappa shape index (κ1) is 24.0. The van der Waals surface area contributed by atoms with Crippen molar-refractivity contribution in [3.8, 4) is 5.75 Å². The standard InChI is InChI=1S/C23H28Cl2N2O3/c1-5-15(2)26-23(29)16(3)27(14-18-7-6-8-19(11-18)30-4)22(28)13-17-9-10-20(24)21(25)12-17/h6-12,15-16H,5,13-14H2,1-4H3,(H,26,29)/t15-,16-/m1/s1. The number of hydrogen-bond acceptors (Lipinski definition) is 3. The maximum atomic E-state index is 13.2. The van der Waals surface area contributed by atoms with Gasteiger partial charge in [-0.25, -0.2) is 0 Å². The van der Waals surface area contributed by atoms with Gasteiger partial charge in [0.1, 0.15) is 11.8 Å². The van der Waals surface area contributed by atoms with Crippen molar-refractivity contribution in [3.05, 3.63) is 63.6 Å². The Morgan fingerprint density at radius 1 is 1.07 bits per heavy atom. The molecule has 0 aromatic heterocycles. The van der Waals surface area contributed by atoms with Crippen LogP contribution in [0.3, 0.4) is 0 Å². The lowest BCUT2D eigenvalue weighted by Gasteiger charge is -2.30. The molecule has 0 spiro atoms. The fourth-order valence-electron chi connectivity index (χ4n) is 2.94. The first-order valence-electron chi connectivity index (χ1n) is 9.91. The van der Waals surface area contributed by atoms with E-state index in [9.17, 15) is 9.59 Å². The van der Waals surface area contributed by atoms with Crippen LogP contribution in [-0.2, 0) is 22.6 Å². The molecule has 0 unspecified atom stereocenters. The highest BCUT2D eigenvalue weighted by Gasteiger charge is 2.27. The molecule has 0 aliphatic heterocycles. The SMILES string of the molecule is CC[C@@H](C)NC(=O)[C@@H](C)N(Cc1cccc(OC)c1)C(=O)Cc1ccc(Cl)c(Cl)c1. The van der Waals surface area contributed by atoms with Crippen LogP contribution >= 0.6 is 23.2 Å². The van der Waals surface area contributed by atoms with Crippen molar-refractivity contribution < 1.29 is 14.3 Å². The minimum Gasteiger partial charge on any atom is -0.497 e. The normalized spacial score (nSPS) is 12.7. The van der Waals surface area contributed by atoms with Crippen molar-refractivity contribution in [2.45, 2.75) is 52.2 Å². The molecule has 0 fully saturated rings. The molecule has 0 saturated heterocycles. The zero-order chi connectivity index (χ0) is 22.3. The molecule has 2 aromatic rings. The summed E-state index contributed by atoms with van der Waals surface area (Å²) in [5.74, 6) is 0.332. The molecule has 0 saturated carbocycles. The minimum absolute atomic E-state index is 0.0313. The van der Waals surface area contributed by atoms with Crippen molar-refractivity contribution in [2.75, 3.05) is 7.11 Å². The Morgan fingerprint density at radius 3 is 2.43 bits per heavy atom. The summed E-state index contributed by atoms with van der Waals surface area (Å²) in [5.41, 5.74) is 1.61. The quantitative estimate of drug-likeness (QED) is 0.592. The van der Waals surface area contributed by atoms with Crippen molar-refractivity contribution in [1.29, 1.82) is 0 Å². The van der Waals surface area contributed by atoms with Gasteiger partial charge >= 0.3 is 0 Å². The number of carbonyl (C=O) groups is 2. The van der Waals surface area contributed by atoms with E-state index in [2.05, 4.69) is 5.32 Å².